The van der Waals surface area contributed by atoms with Crippen molar-refractivity contribution in [2.45, 2.75) is 45.6 Å². The SMILES string of the molecule is CCCCS(=O)(=O)CC(NCCC)C1CCOC1. The number of nitrogens with one attached hydrogen (secondary N) is 1. The van der Waals surface area contributed by atoms with Gasteiger partial charge in [0, 0.05) is 18.6 Å². The van der Waals surface area contributed by atoms with Crippen LogP contribution in [0.15, 0.2) is 0 Å². The van der Waals surface area contributed by atoms with Crippen LogP contribution in [0.1, 0.15) is 39.5 Å². The summed E-state index contributed by atoms with van der Waals surface area (Å²) >= 11 is 0. The van der Waals surface area contributed by atoms with Gasteiger partial charge in [0.1, 0.15) is 0 Å². The second-order valence-corrected chi connectivity index (χ2v) is 7.38. The molecule has 0 spiro atoms. The number of hydrogen-bond acceptors (Lipinski definition) is 4. The highest BCUT2D eigenvalue weighted by molar-refractivity contribution is 7.91. The minimum Gasteiger partial charge on any atom is -0.381 e. The van der Waals surface area contributed by atoms with E-state index in [0.29, 0.717) is 18.3 Å². The van der Waals surface area contributed by atoms with Gasteiger partial charge in [0.15, 0.2) is 9.84 Å². The van der Waals surface area contributed by atoms with Crippen LogP contribution >= 0.6 is 0 Å². The smallest absolute Gasteiger partial charge is 0.151 e. The molecule has 0 aliphatic carbocycles. The quantitative estimate of drug-likeness (QED) is 0.695. The Bertz CT molecular complexity index is 310. The van der Waals surface area contributed by atoms with E-state index in [2.05, 4.69) is 12.2 Å². The molecule has 0 saturated carbocycles. The van der Waals surface area contributed by atoms with E-state index in [1.54, 1.807) is 0 Å². The van der Waals surface area contributed by atoms with E-state index in [-0.39, 0.29) is 11.8 Å². The summed E-state index contributed by atoms with van der Waals surface area (Å²) in [5.74, 6) is 0.940. The maximum absolute atomic E-state index is 12.0. The van der Waals surface area contributed by atoms with Crippen molar-refractivity contribution in [2.24, 2.45) is 5.92 Å². The Hall–Kier alpha value is -0.130. The molecule has 1 saturated heterocycles. The van der Waals surface area contributed by atoms with Crippen LogP contribution in [0, 0.1) is 5.92 Å². The van der Waals surface area contributed by atoms with Gasteiger partial charge in [-0.2, -0.15) is 0 Å². The Balaban J connectivity index is 2.53. The summed E-state index contributed by atoms with van der Waals surface area (Å²) in [7, 11) is -2.93. The fourth-order valence-corrected chi connectivity index (χ4v) is 4.11. The van der Waals surface area contributed by atoms with Gasteiger partial charge < -0.3 is 10.1 Å². The monoisotopic (exact) mass is 277 g/mol. The largest absolute Gasteiger partial charge is 0.381 e. The molecule has 18 heavy (non-hydrogen) atoms. The van der Waals surface area contributed by atoms with Gasteiger partial charge in [0.2, 0.25) is 0 Å². The van der Waals surface area contributed by atoms with Crippen LogP contribution in [0.3, 0.4) is 0 Å². The third-order valence-electron chi connectivity index (χ3n) is 3.43. The lowest BCUT2D eigenvalue weighted by Crippen LogP contribution is -2.43. The predicted molar refractivity (Wildman–Crippen MR) is 74.6 cm³/mol. The Morgan fingerprint density at radius 3 is 2.67 bits per heavy atom. The fraction of sp³-hybridized carbons (Fsp3) is 1.00. The van der Waals surface area contributed by atoms with Gasteiger partial charge in [-0.1, -0.05) is 20.3 Å². The normalized spacial score (nSPS) is 22.2. The summed E-state index contributed by atoms with van der Waals surface area (Å²) in [5, 5.41) is 3.38. The van der Waals surface area contributed by atoms with Crippen LogP contribution in [0.25, 0.3) is 0 Å². The highest BCUT2D eigenvalue weighted by Gasteiger charge is 2.29. The summed E-state index contributed by atoms with van der Waals surface area (Å²) in [4.78, 5) is 0. The lowest BCUT2D eigenvalue weighted by atomic mass is 10.0. The number of rotatable bonds is 9. The first-order chi connectivity index (χ1) is 8.59. The van der Waals surface area contributed by atoms with Gasteiger partial charge in [0.05, 0.1) is 18.1 Å². The van der Waals surface area contributed by atoms with Crippen LogP contribution in [0.5, 0.6) is 0 Å². The van der Waals surface area contributed by atoms with E-state index in [4.69, 9.17) is 4.74 Å². The standard InChI is InChI=1S/C13H27NO3S/c1-3-5-9-18(15,16)11-13(14-7-4-2)12-6-8-17-10-12/h12-14H,3-11H2,1-2H3. The second kappa shape index (κ2) is 8.12. The van der Waals surface area contributed by atoms with Crippen molar-refractivity contribution in [3.63, 3.8) is 0 Å². The molecule has 0 aromatic carbocycles. The van der Waals surface area contributed by atoms with Crippen molar-refractivity contribution in [2.75, 3.05) is 31.3 Å². The second-order valence-electron chi connectivity index (χ2n) is 5.15. The molecule has 0 radical (unpaired) electrons. The molecule has 2 atom stereocenters. The molecular weight excluding hydrogens is 250 g/mol. The number of ether oxygens (including phenoxy) is 1. The Morgan fingerprint density at radius 1 is 1.33 bits per heavy atom. The van der Waals surface area contributed by atoms with Crippen molar-refractivity contribution < 1.29 is 13.2 Å². The molecule has 1 N–H and O–H groups in total. The van der Waals surface area contributed by atoms with E-state index in [1.165, 1.54) is 0 Å². The molecule has 1 heterocycles. The van der Waals surface area contributed by atoms with Gasteiger partial charge in [-0.3, -0.25) is 0 Å². The zero-order valence-electron chi connectivity index (χ0n) is 11.7. The van der Waals surface area contributed by atoms with E-state index in [9.17, 15) is 8.42 Å². The predicted octanol–water partition coefficient (Wildman–Crippen LogP) is 1.61. The summed E-state index contributed by atoms with van der Waals surface area (Å²) in [6.45, 7) is 6.47. The van der Waals surface area contributed by atoms with E-state index < -0.39 is 9.84 Å². The van der Waals surface area contributed by atoms with Crippen LogP contribution in [0.2, 0.25) is 0 Å². The summed E-state index contributed by atoms with van der Waals surface area (Å²) in [6, 6.07) is 0.0642. The lowest BCUT2D eigenvalue weighted by molar-refractivity contribution is 0.178. The molecule has 1 aliphatic heterocycles. The number of sulfone groups is 1. The van der Waals surface area contributed by atoms with Crippen LogP contribution < -0.4 is 5.32 Å². The average molecular weight is 277 g/mol. The molecule has 1 aliphatic rings. The lowest BCUT2D eigenvalue weighted by Gasteiger charge is -2.23. The summed E-state index contributed by atoms with van der Waals surface area (Å²) in [6.07, 6.45) is 3.70. The van der Waals surface area contributed by atoms with Crippen molar-refractivity contribution in [1.82, 2.24) is 5.32 Å². The van der Waals surface area contributed by atoms with Gasteiger partial charge in [-0.05, 0) is 25.8 Å². The first-order valence-electron chi connectivity index (χ1n) is 7.10. The number of hydrogen-bond donors (Lipinski definition) is 1. The van der Waals surface area contributed by atoms with Crippen molar-refractivity contribution in [3.05, 3.63) is 0 Å². The first kappa shape index (κ1) is 15.9. The maximum Gasteiger partial charge on any atom is 0.151 e. The Morgan fingerprint density at radius 2 is 2.11 bits per heavy atom. The van der Waals surface area contributed by atoms with Crippen LogP contribution in [-0.4, -0.2) is 45.7 Å². The van der Waals surface area contributed by atoms with E-state index >= 15 is 0 Å². The summed E-state index contributed by atoms with van der Waals surface area (Å²) < 4.78 is 29.5. The maximum atomic E-state index is 12.0. The third-order valence-corrected chi connectivity index (χ3v) is 5.21. The molecule has 0 aromatic heterocycles. The highest BCUT2D eigenvalue weighted by Crippen LogP contribution is 2.18. The summed E-state index contributed by atoms with van der Waals surface area (Å²) in [5.41, 5.74) is 0. The Kier molecular flexibility index (Phi) is 7.19. The van der Waals surface area contributed by atoms with Gasteiger partial charge in [0.25, 0.3) is 0 Å². The van der Waals surface area contributed by atoms with Crippen LogP contribution in [0.4, 0.5) is 0 Å². The van der Waals surface area contributed by atoms with Crippen molar-refractivity contribution >= 4 is 9.84 Å². The van der Waals surface area contributed by atoms with E-state index in [0.717, 1.165) is 38.8 Å². The van der Waals surface area contributed by atoms with Gasteiger partial charge in [-0.25, -0.2) is 8.42 Å². The molecule has 108 valence electrons. The molecule has 1 rings (SSSR count). The van der Waals surface area contributed by atoms with E-state index in [1.807, 2.05) is 6.92 Å². The molecule has 0 bridgehead atoms. The Labute approximate surface area is 111 Å². The van der Waals surface area contributed by atoms with Gasteiger partial charge >= 0.3 is 0 Å². The molecule has 2 unspecified atom stereocenters. The molecule has 5 heteroatoms. The third kappa shape index (κ3) is 5.67. The highest BCUT2D eigenvalue weighted by atomic mass is 32.2. The average Bonchev–Trinajstić information content (AvgIpc) is 2.85. The van der Waals surface area contributed by atoms with Crippen molar-refractivity contribution in [1.29, 1.82) is 0 Å². The van der Waals surface area contributed by atoms with Gasteiger partial charge in [-0.15, -0.1) is 0 Å². The molecule has 4 nitrogen and oxygen atoms in total. The molecule has 0 aromatic rings. The minimum absolute atomic E-state index is 0.0642. The van der Waals surface area contributed by atoms with Crippen LogP contribution in [-0.2, 0) is 14.6 Å². The van der Waals surface area contributed by atoms with Crippen molar-refractivity contribution in [3.8, 4) is 0 Å². The molecule has 0 amide bonds. The molecular formula is C13H27NO3S. The zero-order valence-corrected chi connectivity index (χ0v) is 12.5. The minimum atomic E-state index is -2.93. The fourth-order valence-electron chi connectivity index (χ4n) is 2.28. The number of unbranched alkanes of at least 4 members (excludes halogenated alkanes) is 1. The molecule has 1 fully saturated rings. The zero-order chi connectivity index (χ0) is 13.4. The topological polar surface area (TPSA) is 55.4 Å². The first-order valence-corrected chi connectivity index (χ1v) is 8.92.